The Balaban J connectivity index is 2.33. The van der Waals surface area contributed by atoms with Crippen LogP contribution in [0.25, 0.3) is 0 Å². The minimum atomic E-state index is -0.00792. The van der Waals surface area contributed by atoms with Crippen molar-refractivity contribution in [1.29, 1.82) is 0 Å². The van der Waals surface area contributed by atoms with Crippen LogP contribution < -0.4 is 0 Å². The summed E-state index contributed by atoms with van der Waals surface area (Å²) in [6, 6.07) is 2.09. The quantitative estimate of drug-likeness (QED) is 0.741. The molecule has 1 N–H and O–H groups in total. The minimum Gasteiger partial charge on any atom is -0.395 e. The number of hydrogen-bond acceptors (Lipinski definition) is 2. The first kappa shape index (κ1) is 8.75. The van der Waals surface area contributed by atoms with Crippen LogP contribution in [0.1, 0.15) is 30.7 Å². The standard InChI is InChI=1S/C10H16N2O/c1-8-6-9(11-12(8)2)10(7-13)4-3-5-10/h6,13H,3-5,7H2,1-2H3. The number of aliphatic hydroxyl groups excluding tert-OH is 1. The topological polar surface area (TPSA) is 38.1 Å². The maximum Gasteiger partial charge on any atom is 0.0711 e. The highest BCUT2D eigenvalue weighted by Crippen LogP contribution is 2.42. The SMILES string of the molecule is Cc1cc(C2(CO)CCC2)nn1C. The Kier molecular flexibility index (Phi) is 1.91. The van der Waals surface area contributed by atoms with Crippen molar-refractivity contribution in [3.63, 3.8) is 0 Å². The monoisotopic (exact) mass is 180 g/mol. The summed E-state index contributed by atoms with van der Waals surface area (Å²) < 4.78 is 1.88. The Labute approximate surface area is 78.4 Å². The molecule has 1 aromatic heterocycles. The number of aliphatic hydroxyl groups is 1. The zero-order valence-electron chi connectivity index (χ0n) is 8.25. The van der Waals surface area contributed by atoms with E-state index in [0.717, 1.165) is 24.2 Å². The molecule has 1 saturated carbocycles. The summed E-state index contributed by atoms with van der Waals surface area (Å²) in [5.41, 5.74) is 2.22. The van der Waals surface area contributed by atoms with Gasteiger partial charge in [0, 0.05) is 18.2 Å². The molecule has 0 unspecified atom stereocenters. The van der Waals surface area contributed by atoms with E-state index in [1.54, 1.807) is 0 Å². The van der Waals surface area contributed by atoms with Crippen LogP contribution in [-0.4, -0.2) is 21.5 Å². The highest BCUT2D eigenvalue weighted by atomic mass is 16.3. The normalized spacial score (nSPS) is 19.9. The van der Waals surface area contributed by atoms with Crippen molar-refractivity contribution < 1.29 is 5.11 Å². The second-order valence-electron chi connectivity index (χ2n) is 4.09. The number of aryl methyl sites for hydroxylation is 2. The molecule has 1 aromatic rings. The summed E-state index contributed by atoms with van der Waals surface area (Å²) in [6.07, 6.45) is 3.39. The summed E-state index contributed by atoms with van der Waals surface area (Å²) >= 11 is 0. The number of hydrogen-bond donors (Lipinski definition) is 1. The average Bonchev–Trinajstić information content (AvgIpc) is 2.31. The van der Waals surface area contributed by atoms with E-state index >= 15 is 0 Å². The van der Waals surface area contributed by atoms with E-state index in [1.165, 1.54) is 6.42 Å². The zero-order valence-corrected chi connectivity index (χ0v) is 8.25. The number of rotatable bonds is 2. The van der Waals surface area contributed by atoms with Gasteiger partial charge in [0.1, 0.15) is 0 Å². The molecule has 0 bridgehead atoms. The lowest BCUT2D eigenvalue weighted by Gasteiger charge is -2.38. The Morgan fingerprint density at radius 2 is 2.31 bits per heavy atom. The highest BCUT2D eigenvalue weighted by Gasteiger charge is 2.40. The predicted octanol–water partition coefficient (Wildman–Crippen LogP) is 1.14. The first-order valence-electron chi connectivity index (χ1n) is 4.80. The predicted molar refractivity (Wildman–Crippen MR) is 50.6 cm³/mol. The maximum absolute atomic E-state index is 9.34. The first-order valence-corrected chi connectivity index (χ1v) is 4.80. The van der Waals surface area contributed by atoms with E-state index in [0.29, 0.717) is 0 Å². The molecule has 72 valence electrons. The van der Waals surface area contributed by atoms with Crippen LogP contribution in [0.2, 0.25) is 0 Å². The van der Waals surface area contributed by atoms with Gasteiger partial charge < -0.3 is 5.11 Å². The molecule has 1 heterocycles. The van der Waals surface area contributed by atoms with Gasteiger partial charge in [0.15, 0.2) is 0 Å². The van der Waals surface area contributed by atoms with Crippen molar-refractivity contribution in [2.75, 3.05) is 6.61 Å². The van der Waals surface area contributed by atoms with E-state index in [-0.39, 0.29) is 12.0 Å². The Morgan fingerprint density at radius 1 is 1.62 bits per heavy atom. The van der Waals surface area contributed by atoms with Crippen molar-refractivity contribution in [1.82, 2.24) is 9.78 Å². The van der Waals surface area contributed by atoms with Gasteiger partial charge in [-0.25, -0.2) is 0 Å². The van der Waals surface area contributed by atoms with E-state index in [4.69, 9.17) is 0 Å². The molecule has 3 nitrogen and oxygen atoms in total. The lowest BCUT2D eigenvalue weighted by Crippen LogP contribution is -2.38. The molecule has 1 fully saturated rings. The third kappa shape index (κ3) is 1.18. The van der Waals surface area contributed by atoms with Crippen molar-refractivity contribution in [3.05, 3.63) is 17.5 Å². The Hall–Kier alpha value is -0.830. The molecule has 13 heavy (non-hydrogen) atoms. The van der Waals surface area contributed by atoms with Gasteiger partial charge in [0.05, 0.1) is 12.3 Å². The van der Waals surface area contributed by atoms with Crippen molar-refractivity contribution in [3.8, 4) is 0 Å². The van der Waals surface area contributed by atoms with Gasteiger partial charge in [0.25, 0.3) is 0 Å². The molecule has 0 atom stereocenters. The number of aromatic nitrogens is 2. The molecule has 1 aliphatic rings. The summed E-state index contributed by atoms with van der Waals surface area (Å²) in [7, 11) is 1.95. The molecule has 0 amide bonds. The van der Waals surface area contributed by atoms with Crippen LogP contribution in [0.4, 0.5) is 0 Å². The smallest absolute Gasteiger partial charge is 0.0711 e. The summed E-state index contributed by atoms with van der Waals surface area (Å²) in [5.74, 6) is 0. The second-order valence-corrected chi connectivity index (χ2v) is 4.09. The largest absolute Gasteiger partial charge is 0.395 e. The second kappa shape index (κ2) is 2.84. The molecule has 1 aliphatic carbocycles. The van der Waals surface area contributed by atoms with Crippen molar-refractivity contribution in [2.45, 2.75) is 31.6 Å². The lowest BCUT2D eigenvalue weighted by atomic mass is 9.67. The fourth-order valence-electron chi connectivity index (χ4n) is 1.92. The van der Waals surface area contributed by atoms with E-state index in [1.807, 2.05) is 18.7 Å². The average molecular weight is 180 g/mol. The summed E-state index contributed by atoms with van der Waals surface area (Å²) in [4.78, 5) is 0. The van der Waals surface area contributed by atoms with Crippen LogP contribution in [0.5, 0.6) is 0 Å². The molecular formula is C10H16N2O. The molecule has 0 radical (unpaired) electrons. The molecule has 0 aromatic carbocycles. The minimum absolute atomic E-state index is 0.00792. The third-order valence-corrected chi connectivity index (χ3v) is 3.27. The molecule has 0 aliphatic heterocycles. The maximum atomic E-state index is 9.34. The van der Waals surface area contributed by atoms with E-state index in [9.17, 15) is 5.11 Å². The van der Waals surface area contributed by atoms with Crippen molar-refractivity contribution >= 4 is 0 Å². The number of nitrogens with zero attached hydrogens (tertiary/aromatic N) is 2. The fraction of sp³-hybridized carbons (Fsp3) is 0.700. The summed E-state index contributed by atoms with van der Waals surface area (Å²) in [5, 5.41) is 13.8. The fourth-order valence-corrected chi connectivity index (χ4v) is 1.92. The van der Waals surface area contributed by atoms with Gasteiger partial charge in [-0.1, -0.05) is 6.42 Å². The van der Waals surface area contributed by atoms with Crippen LogP contribution >= 0.6 is 0 Å². The van der Waals surface area contributed by atoms with Crippen LogP contribution in [0, 0.1) is 6.92 Å². The van der Waals surface area contributed by atoms with E-state index < -0.39 is 0 Å². The van der Waals surface area contributed by atoms with Gasteiger partial charge in [-0.3, -0.25) is 4.68 Å². The van der Waals surface area contributed by atoms with E-state index in [2.05, 4.69) is 11.2 Å². The Morgan fingerprint density at radius 3 is 2.62 bits per heavy atom. The van der Waals surface area contributed by atoms with Gasteiger partial charge >= 0.3 is 0 Å². The first-order chi connectivity index (χ1) is 6.18. The molecule has 3 heteroatoms. The highest BCUT2D eigenvalue weighted by molar-refractivity contribution is 5.22. The van der Waals surface area contributed by atoms with Gasteiger partial charge in [-0.05, 0) is 25.8 Å². The van der Waals surface area contributed by atoms with Crippen LogP contribution in [0.15, 0.2) is 6.07 Å². The van der Waals surface area contributed by atoms with Crippen molar-refractivity contribution in [2.24, 2.45) is 7.05 Å². The van der Waals surface area contributed by atoms with Crippen LogP contribution in [-0.2, 0) is 12.5 Å². The zero-order chi connectivity index (χ0) is 9.47. The summed E-state index contributed by atoms with van der Waals surface area (Å²) in [6.45, 7) is 2.28. The van der Waals surface area contributed by atoms with Gasteiger partial charge in [-0.2, -0.15) is 5.10 Å². The molecule has 2 rings (SSSR count). The molecule has 0 saturated heterocycles. The van der Waals surface area contributed by atoms with Crippen LogP contribution in [0.3, 0.4) is 0 Å². The molecular weight excluding hydrogens is 164 g/mol. The lowest BCUT2D eigenvalue weighted by molar-refractivity contribution is 0.116. The third-order valence-electron chi connectivity index (χ3n) is 3.27. The van der Waals surface area contributed by atoms with Gasteiger partial charge in [-0.15, -0.1) is 0 Å². The molecule has 0 spiro atoms. The van der Waals surface area contributed by atoms with Gasteiger partial charge in [0.2, 0.25) is 0 Å². The Bertz CT molecular complexity index is 288.